The van der Waals surface area contributed by atoms with Gasteiger partial charge in [0.25, 0.3) is 0 Å². The van der Waals surface area contributed by atoms with Gasteiger partial charge >= 0.3 is 6.03 Å². The Bertz CT molecular complexity index is 624. The minimum Gasteiger partial charge on any atom is -0.497 e. The quantitative estimate of drug-likeness (QED) is 0.916. The van der Waals surface area contributed by atoms with Gasteiger partial charge in [-0.3, -0.25) is 0 Å². The zero-order valence-electron chi connectivity index (χ0n) is 15.0. The largest absolute Gasteiger partial charge is 0.497 e. The fourth-order valence-electron chi connectivity index (χ4n) is 4.31. The normalized spacial score (nSPS) is 24.9. The molecule has 1 aromatic heterocycles. The molecular weight excluding hydrogens is 316 g/mol. The summed E-state index contributed by atoms with van der Waals surface area (Å²) in [7, 11) is 1.67. The Kier molecular flexibility index (Phi) is 4.44. The molecule has 2 saturated carbocycles. The molecule has 1 saturated heterocycles. The van der Waals surface area contributed by atoms with Crippen LogP contribution in [0.3, 0.4) is 0 Å². The van der Waals surface area contributed by atoms with Crippen LogP contribution in [-0.4, -0.2) is 55.2 Å². The summed E-state index contributed by atoms with van der Waals surface area (Å²) in [6, 6.07) is 4.29. The van der Waals surface area contributed by atoms with E-state index in [9.17, 15) is 4.79 Å². The molecule has 1 atom stereocenters. The standard InChI is InChI=1S/C19H28N4O2/c1-25-16-4-8-20-17(13-16)22-9-11-23(12-10-22)18(24)21-15-3-2-5-19(14-15)6-7-19/h4,8,13,15H,2-3,5-7,9-12,14H2,1H3,(H,21,24). The van der Waals surface area contributed by atoms with Crippen molar-refractivity contribution in [3.05, 3.63) is 18.3 Å². The summed E-state index contributed by atoms with van der Waals surface area (Å²) in [5, 5.41) is 3.29. The summed E-state index contributed by atoms with van der Waals surface area (Å²) in [4.78, 5) is 21.2. The number of nitrogens with zero attached hydrogens (tertiary/aromatic N) is 3. The highest BCUT2D eigenvalue weighted by molar-refractivity contribution is 5.75. The van der Waals surface area contributed by atoms with Crippen LogP contribution >= 0.6 is 0 Å². The van der Waals surface area contributed by atoms with Gasteiger partial charge in [0.2, 0.25) is 0 Å². The molecular formula is C19H28N4O2. The second kappa shape index (κ2) is 6.73. The number of pyridine rings is 1. The lowest BCUT2D eigenvalue weighted by Crippen LogP contribution is -2.54. The molecule has 1 spiro atoms. The molecule has 1 aliphatic heterocycles. The molecule has 0 aromatic carbocycles. The Morgan fingerprint density at radius 2 is 2.08 bits per heavy atom. The van der Waals surface area contributed by atoms with Crippen LogP contribution in [0.1, 0.15) is 38.5 Å². The molecule has 25 heavy (non-hydrogen) atoms. The molecule has 4 rings (SSSR count). The first-order valence-corrected chi connectivity index (χ1v) is 9.48. The Labute approximate surface area is 149 Å². The Morgan fingerprint density at radius 1 is 1.28 bits per heavy atom. The van der Waals surface area contributed by atoms with E-state index < -0.39 is 0 Å². The van der Waals surface area contributed by atoms with Gasteiger partial charge in [-0.2, -0.15) is 0 Å². The van der Waals surface area contributed by atoms with E-state index in [1.54, 1.807) is 13.3 Å². The summed E-state index contributed by atoms with van der Waals surface area (Å²) in [6.45, 7) is 3.09. The number of hydrogen-bond donors (Lipinski definition) is 1. The maximum Gasteiger partial charge on any atom is 0.317 e. The highest BCUT2D eigenvalue weighted by Gasteiger charge is 2.46. The number of rotatable bonds is 3. The summed E-state index contributed by atoms with van der Waals surface area (Å²) in [5.74, 6) is 1.74. The van der Waals surface area contributed by atoms with E-state index >= 15 is 0 Å². The fraction of sp³-hybridized carbons (Fsp3) is 0.684. The number of methoxy groups -OCH3 is 1. The average Bonchev–Trinajstić information content (AvgIpc) is 3.40. The van der Waals surface area contributed by atoms with Crippen molar-refractivity contribution >= 4 is 11.8 Å². The van der Waals surface area contributed by atoms with Crippen molar-refractivity contribution in [1.29, 1.82) is 0 Å². The van der Waals surface area contributed by atoms with Crippen LogP contribution < -0.4 is 15.0 Å². The summed E-state index contributed by atoms with van der Waals surface area (Å²) in [6.07, 6.45) is 9.46. The van der Waals surface area contributed by atoms with Crippen LogP contribution in [0.25, 0.3) is 0 Å². The van der Waals surface area contributed by atoms with Crippen molar-refractivity contribution in [2.75, 3.05) is 38.2 Å². The fourth-order valence-corrected chi connectivity index (χ4v) is 4.31. The van der Waals surface area contributed by atoms with Crippen LogP contribution in [0, 0.1) is 5.41 Å². The lowest BCUT2D eigenvalue weighted by molar-refractivity contribution is 0.180. The third-order valence-corrected chi connectivity index (χ3v) is 6.07. The zero-order chi connectivity index (χ0) is 17.3. The van der Waals surface area contributed by atoms with Gasteiger partial charge in [-0.05, 0) is 43.6 Å². The minimum atomic E-state index is 0.112. The van der Waals surface area contributed by atoms with Crippen LogP contribution in [0.4, 0.5) is 10.6 Å². The first kappa shape index (κ1) is 16.5. The summed E-state index contributed by atoms with van der Waals surface area (Å²) >= 11 is 0. The Balaban J connectivity index is 1.28. The topological polar surface area (TPSA) is 57.7 Å². The van der Waals surface area contributed by atoms with E-state index in [1.807, 2.05) is 17.0 Å². The monoisotopic (exact) mass is 344 g/mol. The lowest BCUT2D eigenvalue weighted by Gasteiger charge is -2.37. The smallest absolute Gasteiger partial charge is 0.317 e. The van der Waals surface area contributed by atoms with Crippen molar-refractivity contribution in [1.82, 2.24) is 15.2 Å². The number of amides is 2. The molecule has 1 aromatic rings. The molecule has 136 valence electrons. The molecule has 6 heteroatoms. The maximum atomic E-state index is 12.6. The number of nitrogens with one attached hydrogen (secondary N) is 1. The van der Waals surface area contributed by atoms with Crippen LogP contribution in [0.15, 0.2) is 18.3 Å². The van der Waals surface area contributed by atoms with Crippen molar-refractivity contribution in [2.45, 2.75) is 44.6 Å². The highest BCUT2D eigenvalue weighted by Crippen LogP contribution is 2.56. The van der Waals surface area contributed by atoms with Crippen molar-refractivity contribution in [2.24, 2.45) is 5.41 Å². The predicted octanol–water partition coefficient (Wildman–Crippen LogP) is 2.64. The van der Waals surface area contributed by atoms with Gasteiger partial charge in [0.05, 0.1) is 7.11 Å². The van der Waals surface area contributed by atoms with E-state index in [-0.39, 0.29) is 6.03 Å². The number of carbonyl (C=O) groups excluding carboxylic acids is 1. The van der Waals surface area contributed by atoms with E-state index in [0.29, 0.717) is 11.5 Å². The second-order valence-corrected chi connectivity index (χ2v) is 7.77. The number of anilines is 1. The van der Waals surface area contributed by atoms with E-state index in [4.69, 9.17) is 4.74 Å². The Morgan fingerprint density at radius 3 is 2.80 bits per heavy atom. The molecule has 2 heterocycles. The zero-order valence-corrected chi connectivity index (χ0v) is 15.0. The molecule has 3 fully saturated rings. The average molecular weight is 344 g/mol. The third-order valence-electron chi connectivity index (χ3n) is 6.07. The van der Waals surface area contributed by atoms with Crippen molar-refractivity contribution in [3.63, 3.8) is 0 Å². The second-order valence-electron chi connectivity index (χ2n) is 7.77. The van der Waals surface area contributed by atoms with Gasteiger partial charge in [-0.15, -0.1) is 0 Å². The molecule has 1 N–H and O–H groups in total. The maximum absolute atomic E-state index is 12.6. The number of aromatic nitrogens is 1. The molecule has 1 unspecified atom stereocenters. The summed E-state index contributed by atoms with van der Waals surface area (Å²) in [5.41, 5.74) is 0.590. The number of hydrogen-bond acceptors (Lipinski definition) is 4. The number of urea groups is 1. The molecule has 0 bridgehead atoms. The SMILES string of the molecule is COc1ccnc(N2CCN(C(=O)NC3CCCC4(CC4)C3)CC2)c1. The van der Waals surface area contributed by atoms with Crippen LogP contribution in [-0.2, 0) is 0 Å². The number of ether oxygens (including phenoxy) is 1. The van der Waals surface area contributed by atoms with E-state index in [2.05, 4.69) is 15.2 Å². The van der Waals surface area contributed by atoms with Crippen LogP contribution in [0.2, 0.25) is 0 Å². The van der Waals surface area contributed by atoms with Gasteiger partial charge in [-0.1, -0.05) is 6.42 Å². The van der Waals surface area contributed by atoms with Gasteiger partial charge in [0, 0.05) is 44.5 Å². The number of piperazine rings is 1. The molecule has 0 radical (unpaired) electrons. The number of carbonyl (C=O) groups is 1. The van der Waals surface area contributed by atoms with Crippen molar-refractivity contribution < 1.29 is 9.53 Å². The van der Waals surface area contributed by atoms with Gasteiger partial charge in [0.1, 0.15) is 11.6 Å². The third kappa shape index (κ3) is 3.67. The molecule has 2 aliphatic carbocycles. The Hall–Kier alpha value is -1.98. The predicted molar refractivity (Wildman–Crippen MR) is 97.0 cm³/mol. The first-order valence-electron chi connectivity index (χ1n) is 9.48. The lowest BCUT2D eigenvalue weighted by atomic mass is 9.83. The minimum absolute atomic E-state index is 0.112. The highest BCUT2D eigenvalue weighted by atomic mass is 16.5. The first-order chi connectivity index (χ1) is 12.2. The molecule has 2 amide bonds. The summed E-state index contributed by atoms with van der Waals surface area (Å²) < 4.78 is 5.27. The van der Waals surface area contributed by atoms with Crippen LogP contribution in [0.5, 0.6) is 5.75 Å². The van der Waals surface area contributed by atoms with Gasteiger partial charge < -0.3 is 19.9 Å². The van der Waals surface area contributed by atoms with E-state index in [1.165, 1.54) is 32.1 Å². The molecule has 6 nitrogen and oxygen atoms in total. The van der Waals surface area contributed by atoms with E-state index in [0.717, 1.165) is 44.2 Å². The molecule has 3 aliphatic rings. The van der Waals surface area contributed by atoms with Gasteiger partial charge in [-0.25, -0.2) is 9.78 Å². The van der Waals surface area contributed by atoms with Crippen molar-refractivity contribution in [3.8, 4) is 5.75 Å². The van der Waals surface area contributed by atoms with Gasteiger partial charge in [0.15, 0.2) is 0 Å².